The molecule has 4 aromatic rings. The van der Waals surface area contributed by atoms with Crippen LogP contribution in [0.4, 0.5) is 4.39 Å². The summed E-state index contributed by atoms with van der Waals surface area (Å²) in [5.41, 5.74) is 1.56. The summed E-state index contributed by atoms with van der Waals surface area (Å²) < 4.78 is 25.1. The maximum atomic E-state index is 13.4. The lowest BCUT2D eigenvalue weighted by atomic mass is 10.1. The van der Waals surface area contributed by atoms with Crippen LogP contribution in [0.25, 0.3) is 10.9 Å². The van der Waals surface area contributed by atoms with Gasteiger partial charge >= 0.3 is 0 Å². The Labute approximate surface area is 183 Å². The fourth-order valence-electron chi connectivity index (χ4n) is 4.04. The van der Waals surface area contributed by atoms with Gasteiger partial charge in [-0.2, -0.15) is 0 Å². The van der Waals surface area contributed by atoms with E-state index in [4.69, 9.17) is 9.15 Å². The van der Waals surface area contributed by atoms with E-state index in [9.17, 15) is 9.18 Å². The molecule has 8 heteroatoms. The van der Waals surface area contributed by atoms with Crippen LogP contribution < -0.4 is 4.74 Å². The third kappa shape index (κ3) is 4.16. The lowest BCUT2D eigenvalue weighted by Gasteiger charge is -2.22. The average Bonchev–Trinajstić information content (AvgIpc) is 3.47. The summed E-state index contributed by atoms with van der Waals surface area (Å²) in [7, 11) is 0. The molecule has 0 N–H and O–H groups in total. The number of rotatable bonds is 6. The molecular weight excluding hydrogens is 411 g/mol. The van der Waals surface area contributed by atoms with E-state index in [-0.39, 0.29) is 24.4 Å². The van der Waals surface area contributed by atoms with E-state index in [0.717, 1.165) is 29.3 Å². The van der Waals surface area contributed by atoms with Gasteiger partial charge in [-0.15, -0.1) is 0 Å². The molecule has 1 atom stereocenters. The second-order valence-electron chi connectivity index (χ2n) is 7.70. The Kier molecular flexibility index (Phi) is 5.49. The van der Waals surface area contributed by atoms with Crippen LogP contribution in [0.15, 0.2) is 65.5 Å². The minimum Gasteiger partial charge on any atom is -0.467 e. The third-order valence-corrected chi connectivity index (χ3v) is 5.54. The Morgan fingerprint density at radius 2 is 2.06 bits per heavy atom. The van der Waals surface area contributed by atoms with Crippen molar-refractivity contribution in [3.05, 3.63) is 84.1 Å². The highest BCUT2D eigenvalue weighted by Gasteiger charge is 2.33. The van der Waals surface area contributed by atoms with E-state index in [2.05, 4.69) is 15.0 Å². The zero-order valence-electron chi connectivity index (χ0n) is 17.3. The fraction of sp³-hybridized carbons (Fsp3) is 0.250. The Hall–Kier alpha value is -3.81. The smallest absolute Gasteiger partial charge is 0.261 e. The summed E-state index contributed by atoms with van der Waals surface area (Å²) in [5.74, 6) is 1.07. The molecular formula is C24H21FN4O3. The number of benzene rings is 2. The van der Waals surface area contributed by atoms with Crippen LogP contribution in [-0.4, -0.2) is 38.9 Å². The van der Waals surface area contributed by atoms with Crippen molar-refractivity contribution in [1.82, 2.24) is 19.9 Å². The first kappa shape index (κ1) is 20.1. The lowest BCUT2D eigenvalue weighted by molar-refractivity contribution is -0.134. The van der Waals surface area contributed by atoms with Gasteiger partial charge in [0.15, 0.2) is 6.61 Å². The molecule has 1 unspecified atom stereocenters. The minimum atomic E-state index is -0.286. The van der Waals surface area contributed by atoms with Gasteiger partial charge in [0, 0.05) is 13.0 Å². The summed E-state index contributed by atoms with van der Waals surface area (Å²) in [6, 6.07) is 13.6. The molecule has 1 aliphatic heterocycles. The number of para-hydroxylation sites is 1. The standard InChI is InChI=1S/C24H21FN4O3/c25-17-6-3-5-16(11-17)12-18-13-26-24(32-18)21-9-4-10-29(21)22(30)14-31-23-19-7-1-2-8-20(19)27-15-28-23/h1-3,5-8,11,13,15,21H,4,9-10,12,14H2. The number of hydrogen-bond acceptors (Lipinski definition) is 6. The predicted octanol–water partition coefficient (Wildman–Crippen LogP) is 4.09. The Bertz CT molecular complexity index is 1250. The van der Waals surface area contributed by atoms with Crippen molar-refractivity contribution in [3.8, 4) is 5.88 Å². The van der Waals surface area contributed by atoms with Gasteiger partial charge in [-0.25, -0.2) is 19.3 Å². The Morgan fingerprint density at radius 3 is 2.97 bits per heavy atom. The molecule has 1 aliphatic rings. The van der Waals surface area contributed by atoms with Gasteiger partial charge in [-0.05, 0) is 42.7 Å². The predicted molar refractivity (Wildman–Crippen MR) is 114 cm³/mol. The zero-order valence-corrected chi connectivity index (χ0v) is 17.3. The molecule has 1 fully saturated rings. The maximum Gasteiger partial charge on any atom is 0.261 e. The van der Waals surface area contributed by atoms with Gasteiger partial charge in [0.25, 0.3) is 5.91 Å². The van der Waals surface area contributed by atoms with Gasteiger partial charge in [-0.3, -0.25) is 4.79 Å². The Balaban J connectivity index is 1.26. The van der Waals surface area contributed by atoms with Gasteiger partial charge in [0.05, 0.1) is 17.1 Å². The van der Waals surface area contributed by atoms with Crippen LogP contribution in [0.5, 0.6) is 5.88 Å². The number of fused-ring (bicyclic) bond motifs is 1. The number of nitrogens with zero attached hydrogens (tertiary/aromatic N) is 4. The third-order valence-electron chi connectivity index (χ3n) is 5.54. The second-order valence-corrected chi connectivity index (χ2v) is 7.70. The molecule has 2 aromatic carbocycles. The quantitative estimate of drug-likeness (QED) is 0.457. The Morgan fingerprint density at radius 1 is 1.16 bits per heavy atom. The summed E-state index contributed by atoms with van der Waals surface area (Å²) in [5, 5.41) is 0.760. The number of likely N-dealkylation sites (tertiary alicyclic amines) is 1. The van der Waals surface area contributed by atoms with Crippen molar-refractivity contribution in [2.24, 2.45) is 0 Å². The minimum absolute atomic E-state index is 0.131. The fourth-order valence-corrected chi connectivity index (χ4v) is 4.04. The van der Waals surface area contributed by atoms with Crippen LogP contribution in [0.2, 0.25) is 0 Å². The number of carbonyl (C=O) groups excluding carboxylic acids is 1. The van der Waals surface area contributed by atoms with Crippen LogP contribution >= 0.6 is 0 Å². The number of aromatic nitrogens is 3. The van der Waals surface area contributed by atoms with Crippen molar-refractivity contribution in [3.63, 3.8) is 0 Å². The van der Waals surface area contributed by atoms with Gasteiger partial charge in [0.2, 0.25) is 11.8 Å². The summed E-state index contributed by atoms with van der Waals surface area (Å²) in [4.78, 5) is 27.4. The molecule has 0 bridgehead atoms. The molecule has 0 saturated carbocycles. The molecule has 0 spiro atoms. The van der Waals surface area contributed by atoms with Gasteiger partial charge in [-0.1, -0.05) is 24.3 Å². The summed E-state index contributed by atoms with van der Waals surface area (Å²) in [6.45, 7) is 0.480. The number of amides is 1. The monoisotopic (exact) mass is 432 g/mol. The SMILES string of the molecule is O=C(COc1ncnc2ccccc12)N1CCCC1c1ncc(Cc2cccc(F)c2)o1. The average molecular weight is 432 g/mol. The lowest BCUT2D eigenvalue weighted by Crippen LogP contribution is -2.34. The second kappa shape index (κ2) is 8.74. The molecule has 0 radical (unpaired) electrons. The number of ether oxygens (including phenoxy) is 1. The van der Waals surface area contributed by atoms with Gasteiger partial charge < -0.3 is 14.1 Å². The summed E-state index contributed by atoms with van der Waals surface area (Å²) in [6.07, 6.45) is 5.13. The van der Waals surface area contributed by atoms with Gasteiger partial charge in [0.1, 0.15) is 23.9 Å². The molecule has 3 heterocycles. The molecule has 2 aromatic heterocycles. The number of oxazole rings is 1. The van der Waals surface area contributed by atoms with E-state index in [1.807, 2.05) is 30.3 Å². The van der Waals surface area contributed by atoms with E-state index in [0.29, 0.717) is 30.5 Å². The first-order valence-corrected chi connectivity index (χ1v) is 10.5. The molecule has 162 valence electrons. The number of carbonyl (C=O) groups is 1. The number of halogens is 1. The van der Waals surface area contributed by atoms with E-state index in [1.54, 1.807) is 17.2 Å². The maximum absolute atomic E-state index is 13.4. The van der Waals surface area contributed by atoms with E-state index < -0.39 is 0 Å². The highest BCUT2D eigenvalue weighted by Crippen LogP contribution is 2.32. The van der Waals surface area contributed by atoms with Crippen LogP contribution in [-0.2, 0) is 11.2 Å². The van der Waals surface area contributed by atoms with E-state index >= 15 is 0 Å². The topological polar surface area (TPSA) is 81.4 Å². The molecule has 5 rings (SSSR count). The molecule has 1 saturated heterocycles. The first-order valence-electron chi connectivity index (χ1n) is 10.5. The highest BCUT2D eigenvalue weighted by molar-refractivity contribution is 5.84. The van der Waals surface area contributed by atoms with E-state index in [1.165, 1.54) is 18.5 Å². The summed E-state index contributed by atoms with van der Waals surface area (Å²) >= 11 is 0. The van der Waals surface area contributed by atoms with Crippen LogP contribution in [0.3, 0.4) is 0 Å². The van der Waals surface area contributed by atoms with Crippen molar-refractivity contribution in [2.45, 2.75) is 25.3 Å². The van der Waals surface area contributed by atoms with Crippen molar-refractivity contribution >= 4 is 16.8 Å². The number of hydrogen-bond donors (Lipinski definition) is 0. The first-order chi connectivity index (χ1) is 15.7. The van der Waals surface area contributed by atoms with Crippen molar-refractivity contribution in [1.29, 1.82) is 0 Å². The normalized spacial score (nSPS) is 15.9. The van der Waals surface area contributed by atoms with Crippen LogP contribution in [0, 0.1) is 5.82 Å². The molecule has 1 amide bonds. The van der Waals surface area contributed by atoms with Crippen LogP contribution in [0.1, 0.15) is 36.1 Å². The molecule has 0 aliphatic carbocycles. The molecule has 32 heavy (non-hydrogen) atoms. The molecule has 7 nitrogen and oxygen atoms in total. The van der Waals surface area contributed by atoms with Crippen molar-refractivity contribution < 1.29 is 18.3 Å². The zero-order chi connectivity index (χ0) is 21.9. The highest BCUT2D eigenvalue weighted by atomic mass is 19.1. The largest absolute Gasteiger partial charge is 0.467 e. The van der Waals surface area contributed by atoms with Crippen molar-refractivity contribution in [2.75, 3.05) is 13.2 Å².